The molecule has 0 radical (unpaired) electrons. The molecule has 222 valence electrons. The first-order valence-electron chi connectivity index (χ1n) is 13.9. The summed E-state index contributed by atoms with van der Waals surface area (Å²) in [7, 11) is 0. The van der Waals surface area contributed by atoms with E-state index in [0.717, 1.165) is 25.7 Å². The van der Waals surface area contributed by atoms with Crippen LogP contribution in [0.25, 0.3) is 0 Å². The normalized spacial score (nSPS) is 26.7. The molecule has 0 amide bonds. The van der Waals surface area contributed by atoms with Gasteiger partial charge in [0.05, 0.1) is 46.2 Å². The van der Waals surface area contributed by atoms with Crippen LogP contribution in [0.3, 0.4) is 0 Å². The van der Waals surface area contributed by atoms with E-state index >= 15 is 0 Å². The maximum Gasteiger partial charge on any atom is 0.366 e. The number of carbonyl (C=O) groups is 2. The predicted molar refractivity (Wildman–Crippen MR) is 143 cm³/mol. The number of rotatable bonds is 13. The highest BCUT2D eigenvalue weighted by Gasteiger charge is 2.42. The highest BCUT2D eigenvalue weighted by Crippen LogP contribution is 2.26. The fourth-order valence-electron chi connectivity index (χ4n) is 4.00. The minimum Gasteiger partial charge on any atom is -0.462 e. The SMILES string of the molecule is CCOC(=O)C1(C)OCC(CCCO)CO1.CCOC(=O)C1(C)OCC(CCCOCc2ccccc2)CO1. The number of ether oxygens (including phenoxy) is 7. The van der Waals surface area contributed by atoms with Gasteiger partial charge in [0, 0.05) is 38.9 Å². The molecule has 1 aromatic rings. The Morgan fingerprint density at radius 1 is 0.821 bits per heavy atom. The van der Waals surface area contributed by atoms with Gasteiger partial charge in [-0.25, -0.2) is 9.59 Å². The van der Waals surface area contributed by atoms with Crippen LogP contribution < -0.4 is 0 Å². The zero-order chi connectivity index (χ0) is 28.6. The van der Waals surface area contributed by atoms with E-state index in [1.54, 1.807) is 27.7 Å². The molecule has 10 nitrogen and oxygen atoms in total. The van der Waals surface area contributed by atoms with E-state index < -0.39 is 23.5 Å². The molecule has 0 spiro atoms. The van der Waals surface area contributed by atoms with E-state index in [4.69, 9.17) is 38.3 Å². The summed E-state index contributed by atoms with van der Waals surface area (Å²) in [6.07, 6.45) is 3.47. The van der Waals surface area contributed by atoms with Gasteiger partial charge in [-0.2, -0.15) is 0 Å². The molecule has 0 bridgehead atoms. The zero-order valence-corrected chi connectivity index (χ0v) is 23.9. The summed E-state index contributed by atoms with van der Waals surface area (Å²) < 4.78 is 37.5. The summed E-state index contributed by atoms with van der Waals surface area (Å²) in [5.41, 5.74) is 1.18. The number of hydrogen-bond donors (Lipinski definition) is 1. The third kappa shape index (κ3) is 11.5. The Labute approximate surface area is 232 Å². The van der Waals surface area contributed by atoms with Crippen molar-refractivity contribution in [2.75, 3.05) is 52.9 Å². The molecular formula is C29H46O10. The average Bonchev–Trinajstić information content (AvgIpc) is 2.95. The summed E-state index contributed by atoms with van der Waals surface area (Å²) >= 11 is 0. The van der Waals surface area contributed by atoms with E-state index in [1.165, 1.54) is 5.56 Å². The number of hydrogen-bond acceptors (Lipinski definition) is 10. The standard InChI is InChI=1S/C18H26O5.C11H20O5/c1-3-21-17(19)18(2)22-13-16(14-23-18)10-7-11-20-12-15-8-5-4-6-9-15;1-3-14-10(13)11(2)15-7-9(8-16-11)5-4-6-12/h4-6,8-9,16H,3,7,10-14H2,1-2H3;9,12H,3-8H2,1-2H3. The molecule has 2 fully saturated rings. The number of benzene rings is 1. The van der Waals surface area contributed by atoms with Crippen LogP contribution in [0.5, 0.6) is 0 Å². The minimum atomic E-state index is -1.26. The van der Waals surface area contributed by atoms with E-state index in [2.05, 4.69) is 12.1 Å². The second-order valence-corrected chi connectivity index (χ2v) is 9.85. The predicted octanol–water partition coefficient (Wildman–Crippen LogP) is 3.63. The largest absolute Gasteiger partial charge is 0.462 e. The second-order valence-electron chi connectivity index (χ2n) is 9.85. The van der Waals surface area contributed by atoms with E-state index in [0.29, 0.717) is 52.9 Å². The van der Waals surface area contributed by atoms with Crippen LogP contribution in [0.2, 0.25) is 0 Å². The number of esters is 2. The molecule has 0 unspecified atom stereocenters. The first kappa shape index (κ1) is 33.1. The summed E-state index contributed by atoms with van der Waals surface area (Å²) in [6, 6.07) is 10.1. The zero-order valence-electron chi connectivity index (χ0n) is 23.9. The lowest BCUT2D eigenvalue weighted by Gasteiger charge is -2.35. The van der Waals surface area contributed by atoms with Crippen LogP contribution in [0, 0.1) is 11.8 Å². The summed E-state index contributed by atoms with van der Waals surface area (Å²) in [5, 5.41) is 8.70. The Hall–Kier alpha value is -2.08. The average molecular weight is 555 g/mol. The quantitative estimate of drug-likeness (QED) is 0.286. The molecule has 0 aromatic heterocycles. The van der Waals surface area contributed by atoms with Crippen LogP contribution >= 0.6 is 0 Å². The summed E-state index contributed by atoms with van der Waals surface area (Å²) in [6.45, 7) is 10.8. The lowest BCUT2D eigenvalue weighted by molar-refractivity contribution is -0.274. The smallest absolute Gasteiger partial charge is 0.366 e. The lowest BCUT2D eigenvalue weighted by atomic mass is 10.0. The van der Waals surface area contributed by atoms with E-state index in [-0.39, 0.29) is 18.4 Å². The molecule has 2 aliphatic rings. The molecule has 0 aliphatic carbocycles. The summed E-state index contributed by atoms with van der Waals surface area (Å²) in [5.74, 6) is -2.91. The van der Waals surface area contributed by atoms with E-state index in [9.17, 15) is 9.59 Å². The van der Waals surface area contributed by atoms with Crippen LogP contribution in [0.1, 0.15) is 58.9 Å². The highest BCUT2D eigenvalue weighted by atomic mass is 16.7. The molecular weight excluding hydrogens is 508 g/mol. The Morgan fingerprint density at radius 2 is 1.28 bits per heavy atom. The van der Waals surface area contributed by atoms with Crippen molar-refractivity contribution >= 4 is 11.9 Å². The first-order valence-corrected chi connectivity index (χ1v) is 13.9. The molecule has 0 saturated carbocycles. The Balaban J connectivity index is 0.000000293. The minimum absolute atomic E-state index is 0.172. The van der Waals surface area contributed by atoms with Crippen LogP contribution in [-0.4, -0.2) is 81.5 Å². The molecule has 10 heteroatoms. The first-order chi connectivity index (χ1) is 18.8. The Bertz CT molecular complexity index is 815. The van der Waals surface area contributed by atoms with Crippen molar-refractivity contribution in [1.82, 2.24) is 0 Å². The van der Waals surface area contributed by atoms with Crippen LogP contribution in [0.15, 0.2) is 30.3 Å². The van der Waals surface area contributed by atoms with Gasteiger partial charge in [-0.05, 0) is 45.1 Å². The Morgan fingerprint density at radius 3 is 1.72 bits per heavy atom. The highest BCUT2D eigenvalue weighted by molar-refractivity contribution is 5.77. The van der Waals surface area contributed by atoms with Crippen molar-refractivity contribution in [3.63, 3.8) is 0 Å². The number of aliphatic hydroxyl groups is 1. The molecule has 0 atom stereocenters. The molecule has 1 aromatic carbocycles. The van der Waals surface area contributed by atoms with Gasteiger partial charge < -0.3 is 38.3 Å². The monoisotopic (exact) mass is 554 g/mol. The van der Waals surface area contributed by atoms with Gasteiger partial charge in [0.2, 0.25) is 0 Å². The third-order valence-electron chi connectivity index (χ3n) is 6.45. The van der Waals surface area contributed by atoms with Crippen molar-refractivity contribution in [3.05, 3.63) is 35.9 Å². The molecule has 3 rings (SSSR count). The van der Waals surface area contributed by atoms with Gasteiger partial charge in [-0.3, -0.25) is 0 Å². The fraction of sp³-hybridized carbons (Fsp3) is 0.724. The topological polar surface area (TPSA) is 119 Å². The lowest BCUT2D eigenvalue weighted by Crippen LogP contribution is -2.48. The van der Waals surface area contributed by atoms with Crippen molar-refractivity contribution in [2.45, 2.75) is 71.6 Å². The van der Waals surface area contributed by atoms with Gasteiger partial charge in [0.1, 0.15) is 0 Å². The van der Waals surface area contributed by atoms with Gasteiger partial charge in [0.25, 0.3) is 11.6 Å². The number of carbonyl (C=O) groups excluding carboxylic acids is 2. The molecule has 1 N–H and O–H groups in total. The molecule has 2 heterocycles. The van der Waals surface area contributed by atoms with E-state index in [1.807, 2.05) is 18.2 Å². The van der Waals surface area contributed by atoms with Crippen molar-refractivity contribution in [1.29, 1.82) is 0 Å². The summed E-state index contributed by atoms with van der Waals surface area (Å²) in [4.78, 5) is 23.3. The Kier molecular flexibility index (Phi) is 14.9. The van der Waals surface area contributed by atoms with Gasteiger partial charge in [-0.1, -0.05) is 30.3 Å². The van der Waals surface area contributed by atoms with Gasteiger partial charge in [0.15, 0.2) is 0 Å². The van der Waals surface area contributed by atoms with Gasteiger partial charge in [-0.15, -0.1) is 0 Å². The maximum atomic E-state index is 11.8. The maximum absolute atomic E-state index is 11.8. The third-order valence-corrected chi connectivity index (χ3v) is 6.45. The van der Waals surface area contributed by atoms with Gasteiger partial charge >= 0.3 is 11.9 Å². The van der Waals surface area contributed by atoms with Crippen LogP contribution in [0.4, 0.5) is 0 Å². The molecule has 2 aliphatic heterocycles. The van der Waals surface area contributed by atoms with Crippen molar-refractivity contribution in [3.8, 4) is 0 Å². The second kappa shape index (κ2) is 17.6. The molecule has 39 heavy (non-hydrogen) atoms. The number of aliphatic hydroxyl groups excluding tert-OH is 1. The van der Waals surface area contributed by atoms with Crippen LogP contribution in [-0.2, 0) is 49.4 Å². The molecule has 2 saturated heterocycles. The van der Waals surface area contributed by atoms with Crippen molar-refractivity contribution < 1.29 is 47.9 Å². The van der Waals surface area contributed by atoms with Crippen molar-refractivity contribution in [2.24, 2.45) is 11.8 Å². The fourth-order valence-corrected chi connectivity index (χ4v) is 4.00.